The first-order valence-corrected chi connectivity index (χ1v) is 6.35. The number of benzene rings is 1. The predicted octanol–water partition coefficient (Wildman–Crippen LogP) is 1.63. The van der Waals surface area contributed by atoms with Crippen LogP contribution in [-0.2, 0) is 9.59 Å². The second-order valence-electron chi connectivity index (χ2n) is 4.45. The fourth-order valence-electron chi connectivity index (χ4n) is 1.53. The van der Waals surface area contributed by atoms with Crippen LogP contribution < -0.4 is 10.6 Å². The summed E-state index contributed by atoms with van der Waals surface area (Å²) >= 11 is 0. The van der Waals surface area contributed by atoms with Crippen molar-refractivity contribution in [1.82, 2.24) is 5.32 Å². The van der Waals surface area contributed by atoms with Crippen LogP contribution in [0, 0.1) is 0 Å². The summed E-state index contributed by atoms with van der Waals surface area (Å²) in [6.07, 6.45) is 0.153. The van der Waals surface area contributed by atoms with Crippen LogP contribution in [0.1, 0.15) is 37.0 Å². The van der Waals surface area contributed by atoms with E-state index in [4.69, 9.17) is 5.11 Å². The summed E-state index contributed by atoms with van der Waals surface area (Å²) in [5.74, 6) is -2.18. The van der Waals surface area contributed by atoms with Crippen LogP contribution in [0.2, 0.25) is 0 Å². The summed E-state index contributed by atoms with van der Waals surface area (Å²) < 4.78 is 0. The molecular weight excluding hydrogens is 260 g/mol. The SMILES string of the molecule is CCC(C)NC(=O)c1ccccc1NC(=O)CC(=O)O. The maximum Gasteiger partial charge on any atom is 0.312 e. The largest absolute Gasteiger partial charge is 0.481 e. The predicted molar refractivity (Wildman–Crippen MR) is 74.5 cm³/mol. The minimum atomic E-state index is -1.22. The normalized spacial score (nSPS) is 11.5. The van der Waals surface area contributed by atoms with Crippen LogP contribution >= 0.6 is 0 Å². The van der Waals surface area contributed by atoms with Gasteiger partial charge in [0.1, 0.15) is 6.42 Å². The van der Waals surface area contributed by atoms with Gasteiger partial charge < -0.3 is 15.7 Å². The quantitative estimate of drug-likeness (QED) is 0.689. The molecule has 0 aromatic heterocycles. The van der Waals surface area contributed by atoms with Gasteiger partial charge in [-0.2, -0.15) is 0 Å². The van der Waals surface area contributed by atoms with Crippen molar-refractivity contribution >= 4 is 23.5 Å². The fraction of sp³-hybridized carbons (Fsp3) is 0.357. The third kappa shape index (κ3) is 4.72. The molecule has 0 radical (unpaired) electrons. The number of carboxylic acid groups (broad SMARTS) is 1. The first kappa shape index (κ1) is 15.7. The Labute approximate surface area is 117 Å². The molecule has 6 nitrogen and oxygen atoms in total. The Kier molecular flexibility index (Phi) is 5.71. The highest BCUT2D eigenvalue weighted by atomic mass is 16.4. The zero-order chi connectivity index (χ0) is 15.1. The molecule has 1 aromatic carbocycles. The monoisotopic (exact) mass is 278 g/mol. The van der Waals surface area contributed by atoms with Gasteiger partial charge in [0.05, 0.1) is 11.3 Å². The van der Waals surface area contributed by atoms with Gasteiger partial charge in [-0.15, -0.1) is 0 Å². The molecule has 0 spiro atoms. The number of carbonyl (C=O) groups excluding carboxylic acids is 2. The second kappa shape index (κ2) is 7.28. The molecule has 0 saturated carbocycles. The van der Waals surface area contributed by atoms with E-state index in [1.54, 1.807) is 24.3 Å². The topological polar surface area (TPSA) is 95.5 Å². The molecule has 1 atom stereocenters. The first-order chi connectivity index (χ1) is 9.43. The molecule has 0 bridgehead atoms. The van der Waals surface area contributed by atoms with Gasteiger partial charge in [0.25, 0.3) is 5.91 Å². The molecule has 108 valence electrons. The number of nitrogens with one attached hydrogen (secondary N) is 2. The molecule has 1 rings (SSSR count). The highest BCUT2D eigenvalue weighted by molar-refractivity contribution is 6.06. The van der Waals surface area contributed by atoms with Crippen LogP contribution in [0.3, 0.4) is 0 Å². The third-order valence-corrected chi connectivity index (χ3v) is 2.75. The Morgan fingerprint density at radius 3 is 2.50 bits per heavy atom. The number of amides is 2. The van der Waals surface area contributed by atoms with E-state index < -0.39 is 18.3 Å². The van der Waals surface area contributed by atoms with Crippen molar-refractivity contribution in [3.05, 3.63) is 29.8 Å². The van der Waals surface area contributed by atoms with E-state index >= 15 is 0 Å². The number of para-hydroxylation sites is 1. The Hall–Kier alpha value is -2.37. The maximum absolute atomic E-state index is 12.1. The van der Waals surface area contributed by atoms with E-state index in [0.29, 0.717) is 11.3 Å². The van der Waals surface area contributed by atoms with Crippen molar-refractivity contribution in [1.29, 1.82) is 0 Å². The number of carbonyl (C=O) groups is 3. The van der Waals surface area contributed by atoms with Gasteiger partial charge in [0.15, 0.2) is 0 Å². The van der Waals surface area contributed by atoms with Gasteiger partial charge in [-0.1, -0.05) is 19.1 Å². The lowest BCUT2D eigenvalue weighted by Gasteiger charge is -2.14. The van der Waals surface area contributed by atoms with E-state index in [1.807, 2.05) is 13.8 Å². The lowest BCUT2D eigenvalue weighted by molar-refractivity contribution is -0.139. The number of carboxylic acids is 1. The second-order valence-corrected chi connectivity index (χ2v) is 4.45. The van der Waals surface area contributed by atoms with Gasteiger partial charge >= 0.3 is 5.97 Å². The molecule has 0 aliphatic rings. The molecule has 3 N–H and O–H groups in total. The van der Waals surface area contributed by atoms with Gasteiger partial charge in [-0.3, -0.25) is 14.4 Å². The summed E-state index contributed by atoms with van der Waals surface area (Å²) in [5, 5.41) is 13.8. The van der Waals surface area contributed by atoms with Gasteiger partial charge in [-0.05, 0) is 25.5 Å². The van der Waals surface area contributed by atoms with Crippen molar-refractivity contribution in [3.63, 3.8) is 0 Å². The molecule has 0 aliphatic heterocycles. The Morgan fingerprint density at radius 2 is 1.90 bits per heavy atom. The summed E-state index contributed by atoms with van der Waals surface area (Å²) in [4.78, 5) is 34.0. The average Bonchev–Trinajstić information content (AvgIpc) is 2.37. The minimum absolute atomic E-state index is 0.0188. The first-order valence-electron chi connectivity index (χ1n) is 6.35. The summed E-state index contributed by atoms with van der Waals surface area (Å²) in [6.45, 7) is 3.83. The Morgan fingerprint density at radius 1 is 1.25 bits per heavy atom. The zero-order valence-electron chi connectivity index (χ0n) is 11.5. The minimum Gasteiger partial charge on any atom is -0.481 e. The highest BCUT2D eigenvalue weighted by Crippen LogP contribution is 2.15. The van der Waals surface area contributed by atoms with Gasteiger partial charge in [-0.25, -0.2) is 0 Å². The van der Waals surface area contributed by atoms with E-state index in [0.717, 1.165) is 6.42 Å². The lowest BCUT2D eigenvalue weighted by Crippen LogP contribution is -2.32. The van der Waals surface area contributed by atoms with E-state index in [9.17, 15) is 14.4 Å². The van der Waals surface area contributed by atoms with Gasteiger partial charge in [0, 0.05) is 6.04 Å². The van der Waals surface area contributed by atoms with Crippen molar-refractivity contribution < 1.29 is 19.5 Å². The van der Waals surface area contributed by atoms with Crippen molar-refractivity contribution in [3.8, 4) is 0 Å². The van der Waals surface area contributed by atoms with Crippen LogP contribution in [-0.4, -0.2) is 28.9 Å². The number of rotatable bonds is 6. The van der Waals surface area contributed by atoms with Crippen LogP contribution in [0.25, 0.3) is 0 Å². The smallest absolute Gasteiger partial charge is 0.312 e. The van der Waals surface area contributed by atoms with Crippen molar-refractivity contribution in [2.24, 2.45) is 0 Å². The molecule has 0 heterocycles. The molecule has 6 heteroatoms. The number of anilines is 1. The summed E-state index contributed by atoms with van der Waals surface area (Å²) in [7, 11) is 0. The summed E-state index contributed by atoms with van der Waals surface area (Å²) in [6, 6.07) is 6.50. The number of hydrogen-bond donors (Lipinski definition) is 3. The molecule has 1 aromatic rings. The Bertz CT molecular complexity index is 514. The van der Waals surface area contributed by atoms with Gasteiger partial charge in [0.2, 0.25) is 5.91 Å². The molecule has 2 amide bonds. The van der Waals surface area contributed by atoms with Crippen LogP contribution in [0.4, 0.5) is 5.69 Å². The van der Waals surface area contributed by atoms with E-state index in [-0.39, 0.29) is 11.9 Å². The Balaban J connectivity index is 2.85. The molecule has 20 heavy (non-hydrogen) atoms. The lowest BCUT2D eigenvalue weighted by atomic mass is 10.1. The molecular formula is C14H18N2O4. The summed E-state index contributed by atoms with van der Waals surface area (Å²) in [5.41, 5.74) is 0.617. The molecule has 0 saturated heterocycles. The molecule has 0 fully saturated rings. The van der Waals surface area contributed by atoms with Crippen molar-refractivity contribution in [2.45, 2.75) is 32.7 Å². The van der Waals surface area contributed by atoms with Crippen LogP contribution in [0.15, 0.2) is 24.3 Å². The standard InChI is InChI=1S/C14H18N2O4/c1-3-9(2)15-14(20)10-6-4-5-7-11(10)16-12(17)8-13(18)19/h4-7,9H,3,8H2,1-2H3,(H,15,20)(H,16,17)(H,18,19). The van der Waals surface area contributed by atoms with E-state index in [1.165, 1.54) is 0 Å². The highest BCUT2D eigenvalue weighted by Gasteiger charge is 2.15. The number of aliphatic carboxylic acids is 1. The fourth-order valence-corrected chi connectivity index (χ4v) is 1.53. The van der Waals surface area contributed by atoms with E-state index in [2.05, 4.69) is 10.6 Å². The van der Waals surface area contributed by atoms with Crippen molar-refractivity contribution in [2.75, 3.05) is 5.32 Å². The maximum atomic E-state index is 12.1. The molecule has 1 unspecified atom stereocenters. The zero-order valence-corrected chi connectivity index (χ0v) is 11.5. The average molecular weight is 278 g/mol. The number of hydrogen-bond acceptors (Lipinski definition) is 3. The molecule has 0 aliphatic carbocycles. The van der Waals surface area contributed by atoms with Crippen LogP contribution in [0.5, 0.6) is 0 Å². The third-order valence-electron chi connectivity index (χ3n) is 2.75.